The number of nitriles is 1. The Bertz CT molecular complexity index is 1430. The quantitative estimate of drug-likeness (QED) is 0.311. The van der Waals surface area contributed by atoms with E-state index in [-0.39, 0.29) is 11.5 Å². The van der Waals surface area contributed by atoms with Crippen molar-refractivity contribution in [3.05, 3.63) is 39.5 Å². The van der Waals surface area contributed by atoms with Gasteiger partial charge in [-0.05, 0) is 83.5 Å². The summed E-state index contributed by atoms with van der Waals surface area (Å²) >= 11 is 1.65. The van der Waals surface area contributed by atoms with Crippen LogP contribution in [0.3, 0.4) is 0 Å². The molecule has 9 nitrogen and oxygen atoms in total. The highest BCUT2D eigenvalue weighted by Gasteiger charge is 2.48. The number of fused-ring (bicyclic) bond motifs is 4. The van der Waals surface area contributed by atoms with Crippen LogP contribution in [0.15, 0.2) is 21.8 Å². The minimum absolute atomic E-state index is 0.00679. The fraction of sp³-hybridized carbons (Fsp3) is 0.552. The minimum atomic E-state index is -0.329. The van der Waals surface area contributed by atoms with Crippen molar-refractivity contribution in [3.63, 3.8) is 0 Å². The Balaban J connectivity index is 1.36. The summed E-state index contributed by atoms with van der Waals surface area (Å²) in [5.74, 6) is 0.689. The Labute approximate surface area is 233 Å². The number of ether oxygens (including phenoxy) is 1. The third-order valence-corrected chi connectivity index (χ3v) is 9.67. The van der Waals surface area contributed by atoms with Crippen molar-refractivity contribution in [3.8, 4) is 23.5 Å². The Kier molecular flexibility index (Phi) is 6.89. The zero-order valence-electron chi connectivity index (χ0n) is 23.1. The van der Waals surface area contributed by atoms with Gasteiger partial charge in [-0.3, -0.25) is 4.90 Å². The average Bonchev–Trinajstić information content (AvgIpc) is 3.65. The van der Waals surface area contributed by atoms with Gasteiger partial charge in [0.1, 0.15) is 22.9 Å². The number of rotatable bonds is 6. The molecule has 1 aliphatic heterocycles. The molecule has 0 radical (unpaired) electrons. The van der Waals surface area contributed by atoms with E-state index < -0.39 is 0 Å². The van der Waals surface area contributed by atoms with Crippen molar-refractivity contribution >= 4 is 22.7 Å². The number of nitrogens with zero attached hydrogens (tertiary/aromatic N) is 7. The normalized spacial score (nSPS) is 23.5. The molecule has 0 N–H and O–H groups in total. The monoisotopic (exact) mass is 545 g/mol. The molecular formula is C29H35N7O2S. The predicted molar refractivity (Wildman–Crippen MR) is 151 cm³/mol. The predicted octanol–water partition coefficient (Wildman–Crippen LogP) is 5.11. The molecule has 3 aromatic heterocycles. The summed E-state index contributed by atoms with van der Waals surface area (Å²) in [5, 5.41) is 15.7. The van der Waals surface area contributed by atoms with Crippen molar-refractivity contribution in [1.29, 1.82) is 5.26 Å². The van der Waals surface area contributed by atoms with Gasteiger partial charge in [0.15, 0.2) is 5.76 Å². The van der Waals surface area contributed by atoms with Crippen molar-refractivity contribution in [2.24, 2.45) is 4.99 Å². The van der Waals surface area contributed by atoms with Gasteiger partial charge >= 0.3 is 6.01 Å². The second-order valence-electron chi connectivity index (χ2n) is 11.3. The van der Waals surface area contributed by atoms with Crippen LogP contribution in [-0.4, -0.2) is 71.1 Å². The maximum absolute atomic E-state index is 10.3. The molecule has 0 bridgehead atoms. The van der Waals surface area contributed by atoms with E-state index in [9.17, 15) is 5.26 Å². The Hall–Kier alpha value is -3.29. The van der Waals surface area contributed by atoms with Gasteiger partial charge in [0.25, 0.3) is 0 Å². The third kappa shape index (κ3) is 4.51. The first kappa shape index (κ1) is 26.0. The van der Waals surface area contributed by atoms with Crippen LogP contribution in [0.4, 0.5) is 5.00 Å². The Morgan fingerprint density at radius 1 is 1.31 bits per heavy atom. The number of hydrogen-bond donors (Lipinski definition) is 0. The summed E-state index contributed by atoms with van der Waals surface area (Å²) in [5.41, 5.74) is 4.23. The summed E-state index contributed by atoms with van der Waals surface area (Å²) in [7, 11) is 6.02. The second kappa shape index (κ2) is 10.4. The van der Waals surface area contributed by atoms with Crippen molar-refractivity contribution in [1.82, 2.24) is 24.9 Å². The highest BCUT2D eigenvalue weighted by Crippen LogP contribution is 2.55. The molecule has 39 heavy (non-hydrogen) atoms. The highest BCUT2D eigenvalue weighted by atomic mass is 32.1. The number of thiophene rings is 1. The van der Waals surface area contributed by atoms with E-state index in [1.165, 1.54) is 11.3 Å². The lowest BCUT2D eigenvalue weighted by atomic mass is 9.62. The van der Waals surface area contributed by atoms with Crippen LogP contribution in [0.5, 0.6) is 6.01 Å². The number of aliphatic imine (C=N–C) groups is 1. The maximum atomic E-state index is 10.3. The van der Waals surface area contributed by atoms with Gasteiger partial charge in [-0.1, -0.05) is 5.16 Å². The Morgan fingerprint density at radius 3 is 2.87 bits per heavy atom. The van der Waals surface area contributed by atoms with Gasteiger partial charge in [-0.15, -0.1) is 11.3 Å². The molecule has 204 valence electrons. The molecule has 4 heterocycles. The first-order valence-electron chi connectivity index (χ1n) is 13.9. The number of likely N-dealkylation sites (N-methyl/N-ethyl adjacent to an activating group) is 1. The van der Waals surface area contributed by atoms with Crippen LogP contribution in [-0.2, 0) is 18.3 Å². The first-order valence-corrected chi connectivity index (χ1v) is 14.7. The average molecular weight is 546 g/mol. The second-order valence-corrected chi connectivity index (χ2v) is 12.3. The third-order valence-electron chi connectivity index (χ3n) is 8.51. The summed E-state index contributed by atoms with van der Waals surface area (Å²) in [6.45, 7) is 3.18. The number of hydrogen-bond acceptors (Lipinski definition) is 9. The van der Waals surface area contributed by atoms with E-state index in [2.05, 4.69) is 34.9 Å². The molecule has 3 aliphatic rings. The molecular weight excluding hydrogens is 510 g/mol. The fourth-order valence-electron chi connectivity index (χ4n) is 6.77. The molecule has 1 spiro atoms. The zero-order chi connectivity index (χ0) is 27.1. The SMILES string of the molecule is C[C@H](Oc1nccc(-c2onc3c2CCC[C@@]32CCCc3sc(N=CN(C)C)c(C#N)c32)n1)[C@@H]1CCCN1C. The van der Waals surface area contributed by atoms with E-state index in [4.69, 9.17) is 19.4 Å². The van der Waals surface area contributed by atoms with Gasteiger partial charge in [0.05, 0.1) is 17.6 Å². The van der Waals surface area contributed by atoms with Crippen molar-refractivity contribution in [2.45, 2.75) is 75.9 Å². The van der Waals surface area contributed by atoms with E-state index in [0.717, 1.165) is 73.3 Å². The van der Waals surface area contributed by atoms with Gasteiger partial charge < -0.3 is 14.2 Å². The van der Waals surface area contributed by atoms with E-state index in [1.54, 1.807) is 23.9 Å². The molecule has 1 fully saturated rings. The number of aryl methyl sites for hydroxylation is 1. The lowest BCUT2D eigenvalue weighted by Gasteiger charge is -2.39. The van der Waals surface area contributed by atoms with Crippen molar-refractivity contribution < 1.29 is 9.26 Å². The molecule has 1 saturated heterocycles. The molecule has 0 amide bonds. The summed E-state index contributed by atoms with van der Waals surface area (Å²) in [6, 6.07) is 5.10. The van der Waals surface area contributed by atoms with Crippen LogP contribution in [0.1, 0.15) is 72.7 Å². The van der Waals surface area contributed by atoms with Crippen molar-refractivity contribution in [2.75, 3.05) is 27.7 Å². The molecule has 3 atom stereocenters. The van der Waals surface area contributed by atoms with Crippen LogP contribution in [0.2, 0.25) is 0 Å². The molecule has 6 rings (SSSR count). The summed E-state index contributed by atoms with van der Waals surface area (Å²) in [4.78, 5) is 19.3. The maximum Gasteiger partial charge on any atom is 0.317 e. The van der Waals surface area contributed by atoms with Gasteiger partial charge in [-0.25, -0.2) is 9.98 Å². The van der Waals surface area contributed by atoms with Gasteiger partial charge in [-0.2, -0.15) is 10.2 Å². The lowest BCUT2D eigenvalue weighted by Crippen LogP contribution is -2.38. The highest BCUT2D eigenvalue weighted by molar-refractivity contribution is 7.16. The largest absolute Gasteiger partial charge is 0.459 e. The van der Waals surface area contributed by atoms with E-state index in [1.807, 2.05) is 25.1 Å². The van der Waals surface area contributed by atoms with Crippen LogP contribution in [0.25, 0.3) is 11.5 Å². The molecule has 0 unspecified atom stereocenters. The topological polar surface area (TPSA) is 104 Å². The van der Waals surface area contributed by atoms with Crippen LogP contribution in [0, 0.1) is 11.3 Å². The zero-order valence-corrected chi connectivity index (χ0v) is 23.9. The first-order chi connectivity index (χ1) is 18.9. The molecule has 0 saturated carbocycles. The fourth-order valence-corrected chi connectivity index (χ4v) is 8.00. The standard InChI is InChI=1S/C29H35N7O2S/c1-18(22-9-7-15-36(22)4)37-28-31-14-11-21(33-28)25-19-8-5-12-29(26(19)34-38-25)13-6-10-23-24(29)20(16-30)27(39-23)32-17-35(2)3/h11,14,17-18,22H,5-10,12-13,15H2,1-4H3/t18-,22-,29-/m0/s1. The molecule has 10 heteroatoms. The van der Waals surface area contributed by atoms with Gasteiger partial charge in [0, 0.05) is 42.2 Å². The Morgan fingerprint density at radius 2 is 2.13 bits per heavy atom. The smallest absolute Gasteiger partial charge is 0.317 e. The number of aromatic nitrogens is 3. The minimum Gasteiger partial charge on any atom is -0.459 e. The van der Waals surface area contributed by atoms with E-state index >= 15 is 0 Å². The summed E-state index contributed by atoms with van der Waals surface area (Å²) in [6.07, 6.45) is 11.6. The number of likely N-dealkylation sites (tertiary alicyclic amines) is 1. The van der Waals surface area contributed by atoms with E-state index in [0.29, 0.717) is 29.1 Å². The molecule has 0 aromatic carbocycles. The van der Waals surface area contributed by atoms with Crippen LogP contribution >= 0.6 is 11.3 Å². The van der Waals surface area contributed by atoms with Crippen LogP contribution < -0.4 is 4.74 Å². The van der Waals surface area contributed by atoms with Gasteiger partial charge in [0.2, 0.25) is 0 Å². The lowest BCUT2D eigenvalue weighted by molar-refractivity contribution is 0.112. The summed E-state index contributed by atoms with van der Waals surface area (Å²) < 4.78 is 12.3. The molecule has 2 aliphatic carbocycles. The molecule has 3 aromatic rings.